The van der Waals surface area contributed by atoms with Crippen LogP contribution in [-0.4, -0.2) is 65.4 Å². The van der Waals surface area contributed by atoms with E-state index in [2.05, 4.69) is 21.7 Å². The van der Waals surface area contributed by atoms with E-state index in [1.54, 1.807) is 52.6 Å². The third kappa shape index (κ3) is 5.26. The number of nitrogens with zero attached hydrogens (tertiary/aromatic N) is 3. The molecule has 1 N–H and O–H groups in total. The average molecular weight is 527 g/mol. The number of nitrogens with one attached hydrogen (secondary N) is 1. The summed E-state index contributed by atoms with van der Waals surface area (Å²) in [7, 11) is 0. The molecule has 0 saturated carbocycles. The van der Waals surface area contributed by atoms with Crippen molar-refractivity contribution in [3.05, 3.63) is 86.8 Å². The van der Waals surface area contributed by atoms with E-state index in [-0.39, 0.29) is 36.4 Å². The zero-order valence-corrected chi connectivity index (χ0v) is 21.6. The molecular weight excluding hydrogens is 499 g/mol. The second kappa shape index (κ2) is 10.6. The minimum atomic E-state index is -0.276. The van der Waals surface area contributed by atoms with Crippen molar-refractivity contribution in [3.63, 3.8) is 0 Å². The van der Waals surface area contributed by atoms with Crippen LogP contribution < -0.4 is 5.32 Å². The highest BCUT2D eigenvalue weighted by molar-refractivity contribution is 7.10. The first kappa shape index (κ1) is 24.7. The number of amides is 3. The highest BCUT2D eigenvalue weighted by atomic mass is 35.5. The first-order chi connectivity index (χ1) is 17.4. The summed E-state index contributed by atoms with van der Waals surface area (Å²) in [6.45, 7) is 4.31. The van der Waals surface area contributed by atoms with Crippen molar-refractivity contribution < 1.29 is 14.0 Å². The molecule has 36 heavy (non-hydrogen) atoms. The Morgan fingerprint density at radius 1 is 1.11 bits per heavy atom. The Labute approximate surface area is 219 Å². The number of rotatable bonds is 4. The summed E-state index contributed by atoms with van der Waals surface area (Å²) in [6, 6.07) is 15.3. The molecule has 0 aliphatic carbocycles. The van der Waals surface area contributed by atoms with Crippen LogP contribution in [0.1, 0.15) is 29.0 Å². The van der Waals surface area contributed by atoms with Gasteiger partial charge in [0.2, 0.25) is 5.91 Å². The average Bonchev–Trinajstić information content (AvgIpc) is 3.32. The van der Waals surface area contributed by atoms with Crippen LogP contribution in [-0.2, 0) is 11.2 Å². The van der Waals surface area contributed by atoms with Crippen LogP contribution in [0.2, 0.25) is 5.02 Å². The fraction of sp³-hybridized carbons (Fsp3) is 0.333. The maximum atomic E-state index is 14.1. The molecule has 5 rings (SSSR count). The Hall–Kier alpha value is -2.94. The summed E-state index contributed by atoms with van der Waals surface area (Å²) in [5.41, 5.74) is 2.65. The van der Waals surface area contributed by atoms with Gasteiger partial charge >= 0.3 is 6.03 Å². The van der Waals surface area contributed by atoms with Crippen LogP contribution in [0.3, 0.4) is 0 Å². The van der Waals surface area contributed by atoms with E-state index in [1.807, 2.05) is 17.9 Å². The molecule has 0 unspecified atom stereocenters. The van der Waals surface area contributed by atoms with Gasteiger partial charge in [-0.3, -0.25) is 9.69 Å². The molecule has 1 saturated heterocycles. The lowest BCUT2D eigenvalue weighted by Crippen LogP contribution is -2.58. The molecule has 2 aliphatic rings. The highest BCUT2D eigenvalue weighted by Gasteiger charge is 2.34. The van der Waals surface area contributed by atoms with E-state index in [0.29, 0.717) is 30.3 Å². The van der Waals surface area contributed by atoms with Crippen LogP contribution in [0.15, 0.2) is 60.0 Å². The number of benzene rings is 2. The Balaban J connectivity index is 1.24. The fourth-order valence-electron chi connectivity index (χ4n) is 5.13. The molecule has 1 fully saturated rings. The number of piperazine rings is 1. The maximum absolute atomic E-state index is 14.1. The van der Waals surface area contributed by atoms with Gasteiger partial charge in [-0.25, -0.2) is 9.18 Å². The van der Waals surface area contributed by atoms with Gasteiger partial charge in [-0.15, -0.1) is 11.3 Å². The molecule has 0 radical (unpaired) electrons. The fourth-order valence-corrected chi connectivity index (χ4v) is 6.22. The van der Waals surface area contributed by atoms with Gasteiger partial charge in [0.15, 0.2) is 0 Å². The normalized spacial score (nSPS) is 20.2. The molecule has 2 atom stereocenters. The smallest absolute Gasteiger partial charge is 0.322 e. The summed E-state index contributed by atoms with van der Waals surface area (Å²) >= 11 is 7.74. The molecule has 3 amide bonds. The monoisotopic (exact) mass is 526 g/mol. The lowest BCUT2D eigenvalue weighted by Gasteiger charge is -2.41. The summed E-state index contributed by atoms with van der Waals surface area (Å²) in [5, 5.41) is 5.51. The van der Waals surface area contributed by atoms with Crippen LogP contribution in [0.25, 0.3) is 0 Å². The third-order valence-electron chi connectivity index (χ3n) is 6.89. The van der Waals surface area contributed by atoms with Crippen molar-refractivity contribution in [2.75, 3.05) is 38.0 Å². The molecule has 6 nitrogen and oxygen atoms in total. The highest BCUT2D eigenvalue weighted by Crippen LogP contribution is 2.37. The van der Waals surface area contributed by atoms with Crippen LogP contribution >= 0.6 is 22.9 Å². The van der Waals surface area contributed by atoms with Crippen LogP contribution in [0, 0.1) is 5.82 Å². The topological polar surface area (TPSA) is 55.9 Å². The number of halogens is 2. The van der Waals surface area contributed by atoms with Crippen molar-refractivity contribution in [3.8, 4) is 0 Å². The lowest BCUT2D eigenvalue weighted by molar-refractivity contribution is -0.135. The number of urea groups is 1. The zero-order valence-electron chi connectivity index (χ0n) is 20.0. The Morgan fingerprint density at radius 2 is 1.94 bits per heavy atom. The van der Waals surface area contributed by atoms with Crippen molar-refractivity contribution in [2.24, 2.45) is 0 Å². The number of hydrogen-bond donors (Lipinski definition) is 1. The van der Waals surface area contributed by atoms with Gasteiger partial charge < -0.3 is 15.1 Å². The van der Waals surface area contributed by atoms with Gasteiger partial charge in [0, 0.05) is 47.8 Å². The van der Waals surface area contributed by atoms with Gasteiger partial charge in [0.25, 0.3) is 0 Å². The minimum absolute atomic E-state index is 0.0248. The van der Waals surface area contributed by atoms with Gasteiger partial charge in [-0.1, -0.05) is 29.8 Å². The summed E-state index contributed by atoms with van der Waals surface area (Å²) in [4.78, 5) is 33.2. The maximum Gasteiger partial charge on any atom is 0.322 e. The van der Waals surface area contributed by atoms with Gasteiger partial charge in [0.05, 0.1) is 12.6 Å². The molecule has 0 spiro atoms. The molecule has 1 aromatic heterocycles. The van der Waals surface area contributed by atoms with E-state index in [0.717, 1.165) is 24.1 Å². The van der Waals surface area contributed by atoms with Crippen molar-refractivity contribution in [1.29, 1.82) is 0 Å². The van der Waals surface area contributed by atoms with E-state index in [9.17, 15) is 14.0 Å². The number of hydrogen-bond acceptors (Lipinski definition) is 4. The Morgan fingerprint density at radius 3 is 2.72 bits per heavy atom. The Bertz CT molecular complexity index is 1270. The molecule has 3 aromatic rings. The van der Waals surface area contributed by atoms with Gasteiger partial charge in [-0.05, 0) is 66.2 Å². The number of thiophene rings is 1. The second-order valence-corrected chi connectivity index (χ2v) is 10.7. The standard InChI is InChI=1S/C27H28ClFN4O2S/c1-18-16-31(11-12-33(18)27(35)30-22-7-3-5-20(28)15-22)25(34)17-32-10-8-24-23(9-13-36-24)26(32)19-4-2-6-21(29)14-19/h2-7,9,13-15,18,26H,8,10-12,16-17H2,1H3,(H,30,35)/t18-,26-/m1/s1. The number of carbonyl (C=O) groups excluding carboxylic acids is 2. The number of fused-ring (bicyclic) bond motifs is 1. The molecule has 188 valence electrons. The SMILES string of the molecule is C[C@@H]1CN(C(=O)CN2CCc3sccc3[C@H]2c2cccc(F)c2)CCN1C(=O)Nc1cccc(Cl)c1. The van der Waals surface area contributed by atoms with Crippen molar-refractivity contribution in [1.82, 2.24) is 14.7 Å². The predicted molar refractivity (Wildman–Crippen MR) is 141 cm³/mol. The number of anilines is 1. The molecule has 2 aliphatic heterocycles. The van der Waals surface area contributed by atoms with Crippen LogP contribution in [0.5, 0.6) is 0 Å². The van der Waals surface area contributed by atoms with E-state index in [4.69, 9.17) is 11.6 Å². The van der Waals surface area contributed by atoms with Crippen molar-refractivity contribution >= 4 is 40.6 Å². The number of carbonyl (C=O) groups is 2. The minimum Gasteiger partial charge on any atom is -0.338 e. The summed E-state index contributed by atoms with van der Waals surface area (Å²) in [5.74, 6) is -0.251. The first-order valence-electron chi connectivity index (χ1n) is 12.1. The lowest BCUT2D eigenvalue weighted by atomic mass is 9.93. The van der Waals surface area contributed by atoms with Gasteiger partial charge in [-0.2, -0.15) is 0 Å². The van der Waals surface area contributed by atoms with Crippen LogP contribution in [0.4, 0.5) is 14.9 Å². The molecule has 0 bridgehead atoms. The predicted octanol–water partition coefficient (Wildman–Crippen LogP) is 5.25. The largest absolute Gasteiger partial charge is 0.338 e. The molecule has 2 aromatic carbocycles. The quantitative estimate of drug-likeness (QED) is 0.505. The van der Waals surface area contributed by atoms with Gasteiger partial charge in [0.1, 0.15) is 5.82 Å². The van der Waals surface area contributed by atoms with Crippen molar-refractivity contribution in [2.45, 2.75) is 25.4 Å². The van der Waals surface area contributed by atoms with E-state index < -0.39 is 0 Å². The Kier molecular flexibility index (Phi) is 7.27. The van der Waals surface area contributed by atoms with E-state index >= 15 is 0 Å². The molecule has 3 heterocycles. The second-order valence-electron chi connectivity index (χ2n) is 9.30. The molecule has 9 heteroatoms. The third-order valence-corrected chi connectivity index (χ3v) is 8.12. The van der Waals surface area contributed by atoms with E-state index in [1.165, 1.54) is 10.9 Å². The molecular formula is C27H28ClFN4O2S. The first-order valence-corrected chi connectivity index (χ1v) is 13.3. The zero-order chi connectivity index (χ0) is 25.2. The summed E-state index contributed by atoms with van der Waals surface area (Å²) in [6.07, 6.45) is 0.875. The summed E-state index contributed by atoms with van der Waals surface area (Å²) < 4.78 is 14.1.